The molecular formula is C18H11F3N2O2. The molecule has 3 rings (SSSR count). The highest BCUT2D eigenvalue weighted by Gasteiger charge is 2.37. The SMILES string of the molecule is O=C(/N=C(/c1ccccc1)C(F)(F)F)Oc1ccc2ccccc2n1. The Morgan fingerprint density at radius 2 is 1.60 bits per heavy atom. The number of pyridine rings is 1. The van der Waals surface area contributed by atoms with Gasteiger partial charge < -0.3 is 4.74 Å². The number of rotatable bonds is 2. The molecule has 1 amide bonds. The van der Waals surface area contributed by atoms with Gasteiger partial charge in [-0.1, -0.05) is 48.5 Å². The Kier molecular flexibility index (Phi) is 4.47. The molecule has 0 aliphatic heterocycles. The van der Waals surface area contributed by atoms with E-state index in [1.165, 1.54) is 30.3 Å². The number of hydrogen-bond acceptors (Lipinski definition) is 3. The molecule has 0 bridgehead atoms. The third-order valence-corrected chi connectivity index (χ3v) is 3.28. The molecule has 0 aliphatic carbocycles. The molecule has 0 atom stereocenters. The van der Waals surface area contributed by atoms with Crippen molar-refractivity contribution in [1.82, 2.24) is 4.98 Å². The average Bonchev–Trinajstić information content (AvgIpc) is 2.59. The Labute approximate surface area is 140 Å². The second-order valence-electron chi connectivity index (χ2n) is 5.03. The zero-order valence-corrected chi connectivity index (χ0v) is 12.7. The minimum absolute atomic E-state index is 0.123. The third-order valence-electron chi connectivity index (χ3n) is 3.28. The van der Waals surface area contributed by atoms with Crippen LogP contribution in [-0.4, -0.2) is 23.0 Å². The molecular weight excluding hydrogens is 333 g/mol. The van der Waals surface area contributed by atoms with Gasteiger partial charge in [-0.3, -0.25) is 0 Å². The summed E-state index contributed by atoms with van der Waals surface area (Å²) in [5.41, 5.74) is -0.992. The first-order valence-corrected chi connectivity index (χ1v) is 7.22. The average molecular weight is 344 g/mol. The minimum Gasteiger partial charge on any atom is -0.390 e. The molecule has 0 fully saturated rings. The predicted octanol–water partition coefficient (Wildman–Crippen LogP) is 4.79. The fourth-order valence-corrected chi connectivity index (χ4v) is 2.20. The van der Waals surface area contributed by atoms with Gasteiger partial charge in [-0.05, 0) is 12.1 Å². The van der Waals surface area contributed by atoms with Crippen LogP contribution in [0.15, 0.2) is 71.7 Å². The zero-order valence-electron chi connectivity index (χ0n) is 12.7. The monoisotopic (exact) mass is 344 g/mol. The molecule has 2 aromatic carbocycles. The highest BCUT2D eigenvalue weighted by molar-refractivity contribution is 6.09. The standard InChI is InChI=1S/C18H11F3N2O2/c19-18(20,21)16(13-7-2-1-3-8-13)23-17(24)25-15-11-10-12-6-4-5-9-14(12)22-15/h1-11H/b23-16-. The lowest BCUT2D eigenvalue weighted by molar-refractivity contribution is -0.0581. The first-order chi connectivity index (χ1) is 11.9. The van der Waals surface area contributed by atoms with Crippen LogP contribution in [0, 0.1) is 0 Å². The van der Waals surface area contributed by atoms with Gasteiger partial charge in [0.15, 0.2) is 5.71 Å². The Bertz CT molecular complexity index is 938. The third kappa shape index (κ3) is 4.00. The maximum absolute atomic E-state index is 13.2. The lowest BCUT2D eigenvalue weighted by Gasteiger charge is -2.10. The number of ether oxygens (including phenoxy) is 1. The van der Waals surface area contributed by atoms with Gasteiger partial charge in [-0.15, -0.1) is 0 Å². The number of hydrogen-bond donors (Lipinski definition) is 0. The van der Waals surface area contributed by atoms with E-state index in [-0.39, 0.29) is 11.4 Å². The van der Waals surface area contributed by atoms with E-state index < -0.39 is 18.0 Å². The summed E-state index contributed by atoms with van der Waals surface area (Å²) in [7, 11) is 0. The summed E-state index contributed by atoms with van der Waals surface area (Å²) >= 11 is 0. The molecule has 0 unspecified atom stereocenters. The van der Waals surface area contributed by atoms with Crippen molar-refractivity contribution >= 4 is 22.7 Å². The maximum atomic E-state index is 13.2. The van der Waals surface area contributed by atoms with Crippen LogP contribution in [0.25, 0.3) is 10.9 Å². The summed E-state index contributed by atoms with van der Waals surface area (Å²) in [5.74, 6) is -0.123. The molecule has 1 heterocycles. The van der Waals surface area contributed by atoms with Gasteiger partial charge in [0, 0.05) is 17.0 Å². The largest absolute Gasteiger partial charge is 0.440 e. The molecule has 0 saturated carbocycles. The lowest BCUT2D eigenvalue weighted by Crippen LogP contribution is -2.26. The molecule has 0 N–H and O–H groups in total. The van der Waals surface area contributed by atoms with Gasteiger partial charge in [0.2, 0.25) is 5.88 Å². The highest BCUT2D eigenvalue weighted by atomic mass is 19.4. The van der Waals surface area contributed by atoms with Crippen LogP contribution in [0.4, 0.5) is 18.0 Å². The Hall–Kier alpha value is -3.22. The van der Waals surface area contributed by atoms with Crippen LogP contribution in [0.3, 0.4) is 0 Å². The molecule has 1 aromatic heterocycles. The van der Waals surface area contributed by atoms with Crippen LogP contribution in [0.1, 0.15) is 5.56 Å². The van der Waals surface area contributed by atoms with E-state index in [1.807, 2.05) is 12.1 Å². The summed E-state index contributed by atoms with van der Waals surface area (Å²) in [6, 6.07) is 17.0. The first-order valence-electron chi connectivity index (χ1n) is 7.22. The van der Waals surface area contributed by atoms with Crippen LogP contribution in [-0.2, 0) is 0 Å². The van der Waals surface area contributed by atoms with Gasteiger partial charge in [-0.25, -0.2) is 9.78 Å². The summed E-state index contributed by atoms with van der Waals surface area (Å²) in [5, 5.41) is 0.811. The van der Waals surface area contributed by atoms with Crippen molar-refractivity contribution in [3.63, 3.8) is 0 Å². The highest BCUT2D eigenvalue weighted by Crippen LogP contribution is 2.23. The van der Waals surface area contributed by atoms with Crippen LogP contribution < -0.4 is 4.74 Å². The van der Waals surface area contributed by atoms with E-state index in [2.05, 4.69) is 9.98 Å². The molecule has 4 nitrogen and oxygen atoms in total. The fourth-order valence-electron chi connectivity index (χ4n) is 2.20. The number of amides is 1. The lowest BCUT2D eigenvalue weighted by atomic mass is 10.1. The van der Waals surface area contributed by atoms with Crippen LogP contribution >= 0.6 is 0 Å². The van der Waals surface area contributed by atoms with Crippen molar-refractivity contribution < 1.29 is 22.7 Å². The summed E-state index contributed by atoms with van der Waals surface area (Å²) in [6.45, 7) is 0. The van der Waals surface area contributed by atoms with Gasteiger partial charge in [0.25, 0.3) is 0 Å². The number of fused-ring (bicyclic) bond motifs is 1. The second kappa shape index (κ2) is 6.72. The number of aromatic nitrogens is 1. The van der Waals surface area contributed by atoms with Gasteiger partial charge >= 0.3 is 12.3 Å². The van der Waals surface area contributed by atoms with E-state index >= 15 is 0 Å². The number of para-hydroxylation sites is 1. The predicted molar refractivity (Wildman–Crippen MR) is 86.8 cm³/mol. The van der Waals surface area contributed by atoms with E-state index in [0.717, 1.165) is 5.39 Å². The summed E-state index contributed by atoms with van der Waals surface area (Å²) in [4.78, 5) is 19.0. The van der Waals surface area contributed by atoms with Crippen LogP contribution in [0.2, 0.25) is 0 Å². The number of aliphatic imine (C=N–C) groups is 1. The van der Waals surface area contributed by atoms with E-state index in [4.69, 9.17) is 4.74 Å². The Morgan fingerprint density at radius 1 is 0.920 bits per heavy atom. The molecule has 0 saturated heterocycles. The van der Waals surface area contributed by atoms with Gasteiger partial charge in [0.1, 0.15) is 0 Å². The smallest absolute Gasteiger partial charge is 0.390 e. The summed E-state index contributed by atoms with van der Waals surface area (Å²) in [6.07, 6.45) is -6.18. The van der Waals surface area contributed by atoms with Crippen molar-refractivity contribution in [2.45, 2.75) is 6.18 Å². The van der Waals surface area contributed by atoms with E-state index in [1.54, 1.807) is 24.3 Å². The van der Waals surface area contributed by atoms with Crippen molar-refractivity contribution in [3.05, 3.63) is 72.3 Å². The molecule has 0 aliphatic rings. The van der Waals surface area contributed by atoms with Crippen LogP contribution in [0.5, 0.6) is 5.88 Å². The zero-order chi connectivity index (χ0) is 17.9. The molecule has 0 radical (unpaired) electrons. The summed E-state index contributed by atoms with van der Waals surface area (Å²) < 4.78 is 44.3. The Balaban J connectivity index is 1.88. The molecule has 7 heteroatoms. The van der Waals surface area contributed by atoms with Crippen molar-refractivity contribution in [3.8, 4) is 5.88 Å². The number of carbonyl (C=O) groups is 1. The molecule has 25 heavy (non-hydrogen) atoms. The number of carbonyl (C=O) groups excluding carboxylic acids is 1. The first kappa shape index (κ1) is 16.6. The molecule has 126 valence electrons. The number of nitrogens with zero attached hydrogens (tertiary/aromatic N) is 2. The minimum atomic E-state index is -4.79. The number of benzene rings is 2. The van der Waals surface area contributed by atoms with Crippen molar-refractivity contribution in [2.75, 3.05) is 0 Å². The molecule has 0 spiro atoms. The van der Waals surface area contributed by atoms with Crippen molar-refractivity contribution in [2.24, 2.45) is 4.99 Å². The van der Waals surface area contributed by atoms with Gasteiger partial charge in [-0.2, -0.15) is 18.2 Å². The number of halogens is 3. The Morgan fingerprint density at radius 3 is 2.32 bits per heavy atom. The quantitative estimate of drug-likeness (QED) is 0.628. The topological polar surface area (TPSA) is 51.5 Å². The maximum Gasteiger partial charge on any atom is 0.440 e. The number of alkyl halides is 3. The van der Waals surface area contributed by atoms with Gasteiger partial charge in [0.05, 0.1) is 5.52 Å². The van der Waals surface area contributed by atoms with E-state index in [0.29, 0.717) is 5.52 Å². The second-order valence-corrected chi connectivity index (χ2v) is 5.03. The van der Waals surface area contributed by atoms with Crippen molar-refractivity contribution in [1.29, 1.82) is 0 Å². The normalized spacial score (nSPS) is 12.2. The fraction of sp³-hybridized carbons (Fsp3) is 0.0556. The van der Waals surface area contributed by atoms with E-state index in [9.17, 15) is 18.0 Å². The molecule has 3 aromatic rings.